The van der Waals surface area contributed by atoms with E-state index < -0.39 is 17.8 Å². The van der Waals surface area contributed by atoms with Gasteiger partial charge in [-0.15, -0.1) is 0 Å². The lowest BCUT2D eigenvalue weighted by atomic mass is 10.0. The summed E-state index contributed by atoms with van der Waals surface area (Å²) >= 11 is 0. The van der Waals surface area contributed by atoms with Crippen LogP contribution in [-0.4, -0.2) is 32.8 Å². The summed E-state index contributed by atoms with van der Waals surface area (Å²) in [6.45, 7) is 0. The van der Waals surface area contributed by atoms with Crippen molar-refractivity contribution in [2.75, 3.05) is 0 Å². The first-order chi connectivity index (χ1) is 11.6. The summed E-state index contributed by atoms with van der Waals surface area (Å²) in [7, 11) is 0. The van der Waals surface area contributed by atoms with Crippen LogP contribution in [0.4, 0.5) is 0 Å². The summed E-state index contributed by atoms with van der Waals surface area (Å²) < 4.78 is 0. The second-order valence-corrected chi connectivity index (χ2v) is 5.91. The van der Waals surface area contributed by atoms with Crippen LogP contribution in [0, 0.1) is 0 Å². The summed E-state index contributed by atoms with van der Waals surface area (Å²) in [4.78, 5) is 48.9. The van der Waals surface area contributed by atoms with Crippen molar-refractivity contribution in [1.29, 1.82) is 0 Å². The van der Waals surface area contributed by atoms with Crippen LogP contribution in [0.15, 0.2) is 24.3 Å². The number of fused-ring (bicyclic) bond motifs is 2. The SMILES string of the molecule is O=C(Cc1nc2c([nH]1)CCCC2)ON1C(=O)c2ccccc2C1=O. The molecule has 0 unspecified atom stereocenters. The molecular weight excluding hydrogens is 310 g/mol. The first-order valence-corrected chi connectivity index (χ1v) is 7.89. The van der Waals surface area contributed by atoms with E-state index in [0.717, 1.165) is 37.1 Å². The topological polar surface area (TPSA) is 92.4 Å². The van der Waals surface area contributed by atoms with Crippen molar-refractivity contribution in [2.24, 2.45) is 0 Å². The molecule has 1 N–H and O–H groups in total. The van der Waals surface area contributed by atoms with Crippen molar-refractivity contribution in [3.8, 4) is 0 Å². The molecule has 7 heteroatoms. The van der Waals surface area contributed by atoms with E-state index >= 15 is 0 Å². The van der Waals surface area contributed by atoms with E-state index in [0.29, 0.717) is 10.9 Å². The van der Waals surface area contributed by atoms with E-state index in [1.165, 1.54) is 12.1 Å². The number of imidazole rings is 1. The minimum absolute atomic E-state index is 0.111. The molecule has 0 fully saturated rings. The zero-order valence-corrected chi connectivity index (χ0v) is 12.9. The monoisotopic (exact) mass is 325 g/mol. The van der Waals surface area contributed by atoms with Gasteiger partial charge < -0.3 is 9.82 Å². The molecule has 1 aromatic heterocycles. The van der Waals surface area contributed by atoms with E-state index in [4.69, 9.17) is 4.84 Å². The number of amides is 2. The fourth-order valence-corrected chi connectivity index (χ4v) is 3.12. The molecule has 0 saturated carbocycles. The van der Waals surface area contributed by atoms with Crippen molar-refractivity contribution in [3.05, 3.63) is 52.6 Å². The maximum absolute atomic E-state index is 12.2. The van der Waals surface area contributed by atoms with Crippen molar-refractivity contribution < 1.29 is 19.2 Å². The Labute approximate surface area is 137 Å². The van der Waals surface area contributed by atoms with Crippen LogP contribution in [0.5, 0.6) is 0 Å². The number of aromatic nitrogens is 2. The normalized spacial score (nSPS) is 16.1. The number of aryl methyl sites for hydroxylation is 2. The molecule has 7 nitrogen and oxygen atoms in total. The lowest BCUT2D eigenvalue weighted by molar-refractivity contribution is -0.167. The molecule has 24 heavy (non-hydrogen) atoms. The van der Waals surface area contributed by atoms with E-state index in [2.05, 4.69) is 9.97 Å². The Morgan fingerprint density at radius 2 is 1.79 bits per heavy atom. The predicted molar refractivity (Wildman–Crippen MR) is 82.0 cm³/mol. The highest BCUT2D eigenvalue weighted by molar-refractivity contribution is 6.20. The minimum atomic E-state index is -0.699. The van der Waals surface area contributed by atoms with Gasteiger partial charge in [0.15, 0.2) is 0 Å². The maximum Gasteiger partial charge on any atom is 0.340 e. The molecule has 1 aromatic carbocycles. The summed E-state index contributed by atoms with van der Waals surface area (Å²) in [5.74, 6) is -1.44. The molecule has 0 bridgehead atoms. The van der Waals surface area contributed by atoms with Crippen LogP contribution in [0.2, 0.25) is 0 Å². The summed E-state index contributed by atoms with van der Waals surface area (Å²) in [5, 5.41) is 0.524. The number of hydrogen-bond acceptors (Lipinski definition) is 5. The third-order valence-corrected chi connectivity index (χ3v) is 4.27. The van der Waals surface area contributed by atoms with E-state index in [-0.39, 0.29) is 17.5 Å². The summed E-state index contributed by atoms with van der Waals surface area (Å²) in [5.41, 5.74) is 2.53. The first-order valence-electron chi connectivity index (χ1n) is 7.89. The highest BCUT2D eigenvalue weighted by Gasteiger charge is 2.38. The summed E-state index contributed by atoms with van der Waals surface area (Å²) in [6.07, 6.45) is 3.92. The number of H-pyrrole nitrogens is 1. The second-order valence-electron chi connectivity index (χ2n) is 5.91. The number of carbonyl (C=O) groups excluding carboxylic acids is 3. The van der Waals surface area contributed by atoms with Crippen molar-refractivity contribution >= 4 is 17.8 Å². The number of benzene rings is 1. The Kier molecular flexibility index (Phi) is 3.41. The van der Waals surface area contributed by atoms with Gasteiger partial charge in [0.25, 0.3) is 11.8 Å². The number of nitrogens with zero attached hydrogens (tertiary/aromatic N) is 2. The number of nitrogens with one attached hydrogen (secondary N) is 1. The molecule has 122 valence electrons. The van der Waals surface area contributed by atoms with Crippen LogP contribution < -0.4 is 0 Å². The van der Waals surface area contributed by atoms with Crippen LogP contribution in [-0.2, 0) is 28.9 Å². The van der Waals surface area contributed by atoms with Gasteiger partial charge in [0.2, 0.25) is 0 Å². The van der Waals surface area contributed by atoms with Crippen molar-refractivity contribution in [1.82, 2.24) is 15.0 Å². The standard InChI is InChI=1S/C17H15N3O4/c21-15(9-14-18-12-7-3-4-8-13(12)19-14)24-20-16(22)10-5-1-2-6-11(10)17(20)23/h1-2,5-6H,3-4,7-9H2,(H,18,19). The average molecular weight is 325 g/mol. The van der Waals surface area contributed by atoms with E-state index in [1.807, 2.05) is 0 Å². The van der Waals surface area contributed by atoms with Crippen molar-refractivity contribution in [2.45, 2.75) is 32.1 Å². The highest BCUT2D eigenvalue weighted by Crippen LogP contribution is 2.23. The molecule has 2 heterocycles. The molecule has 4 rings (SSSR count). The second kappa shape index (κ2) is 5.59. The molecule has 2 amide bonds. The Balaban J connectivity index is 1.46. The molecule has 0 saturated heterocycles. The molecule has 2 aliphatic rings. The maximum atomic E-state index is 12.2. The van der Waals surface area contributed by atoms with Crippen molar-refractivity contribution in [3.63, 3.8) is 0 Å². The van der Waals surface area contributed by atoms with Gasteiger partial charge >= 0.3 is 5.97 Å². The Bertz CT molecular complexity index is 797. The zero-order valence-electron chi connectivity index (χ0n) is 12.9. The van der Waals surface area contributed by atoms with Gasteiger partial charge in [-0.2, -0.15) is 0 Å². The Morgan fingerprint density at radius 3 is 2.46 bits per heavy atom. The number of hydrogen-bond donors (Lipinski definition) is 1. The molecule has 0 radical (unpaired) electrons. The molecule has 0 atom stereocenters. The van der Waals surface area contributed by atoms with Gasteiger partial charge in [0.1, 0.15) is 12.2 Å². The highest BCUT2D eigenvalue weighted by atomic mass is 16.7. The zero-order chi connectivity index (χ0) is 16.7. The number of carbonyl (C=O) groups is 3. The largest absolute Gasteiger partial charge is 0.345 e. The van der Waals surface area contributed by atoms with Gasteiger partial charge in [0.05, 0.1) is 16.8 Å². The van der Waals surface area contributed by atoms with Gasteiger partial charge in [-0.3, -0.25) is 9.59 Å². The van der Waals surface area contributed by atoms with Gasteiger partial charge in [-0.1, -0.05) is 17.2 Å². The predicted octanol–water partition coefficient (Wildman–Crippen LogP) is 1.59. The van der Waals surface area contributed by atoms with E-state index in [9.17, 15) is 14.4 Å². The van der Waals surface area contributed by atoms with E-state index in [1.54, 1.807) is 12.1 Å². The third kappa shape index (κ3) is 2.38. The number of imide groups is 1. The molecule has 1 aliphatic carbocycles. The van der Waals surface area contributed by atoms with Gasteiger partial charge in [0, 0.05) is 5.69 Å². The van der Waals surface area contributed by atoms with Crippen LogP contribution in [0.1, 0.15) is 50.8 Å². The third-order valence-electron chi connectivity index (χ3n) is 4.27. The average Bonchev–Trinajstić information content (AvgIpc) is 3.09. The van der Waals surface area contributed by atoms with Gasteiger partial charge in [-0.25, -0.2) is 9.78 Å². The molecular formula is C17H15N3O4. The van der Waals surface area contributed by atoms with Crippen LogP contribution >= 0.6 is 0 Å². The minimum Gasteiger partial charge on any atom is -0.345 e. The van der Waals surface area contributed by atoms with Crippen LogP contribution in [0.3, 0.4) is 0 Å². The summed E-state index contributed by atoms with van der Waals surface area (Å²) in [6, 6.07) is 6.37. The lowest BCUT2D eigenvalue weighted by Crippen LogP contribution is -2.33. The lowest BCUT2D eigenvalue weighted by Gasteiger charge is -2.11. The van der Waals surface area contributed by atoms with Gasteiger partial charge in [-0.05, 0) is 37.8 Å². The molecule has 0 spiro atoms. The Morgan fingerprint density at radius 1 is 1.12 bits per heavy atom. The smallest absolute Gasteiger partial charge is 0.340 e. The number of hydroxylamine groups is 2. The quantitative estimate of drug-likeness (QED) is 0.865. The Hall–Kier alpha value is -2.96. The fourth-order valence-electron chi connectivity index (χ4n) is 3.12. The number of aromatic amines is 1. The molecule has 1 aliphatic heterocycles. The first kappa shape index (κ1) is 14.6. The fraction of sp³-hybridized carbons (Fsp3) is 0.294. The van der Waals surface area contributed by atoms with Crippen LogP contribution in [0.25, 0.3) is 0 Å². The number of rotatable bonds is 3. The molecule has 2 aromatic rings.